The van der Waals surface area contributed by atoms with Crippen LogP contribution in [0, 0.1) is 13.8 Å². The van der Waals surface area contributed by atoms with Crippen LogP contribution in [0.5, 0.6) is 0 Å². The second-order valence-corrected chi connectivity index (χ2v) is 9.63. The molecule has 9 heteroatoms. The molecule has 3 rings (SSSR count). The summed E-state index contributed by atoms with van der Waals surface area (Å²) in [6, 6.07) is 10.9. The van der Waals surface area contributed by atoms with Gasteiger partial charge in [0.15, 0.2) is 0 Å². The van der Waals surface area contributed by atoms with Gasteiger partial charge in [-0.1, -0.05) is 35.4 Å². The Balaban J connectivity index is 1.63. The lowest BCUT2D eigenvalue weighted by molar-refractivity contribution is -0.126. The van der Waals surface area contributed by atoms with E-state index in [-0.39, 0.29) is 18.0 Å². The first kappa shape index (κ1) is 22.3. The summed E-state index contributed by atoms with van der Waals surface area (Å²) in [6.45, 7) is 3.74. The number of amides is 2. The molecule has 0 aliphatic carbocycles. The summed E-state index contributed by atoms with van der Waals surface area (Å²) in [5.41, 5.74) is 2.36. The van der Waals surface area contributed by atoms with Crippen LogP contribution in [0.2, 0.25) is 5.02 Å². The summed E-state index contributed by atoms with van der Waals surface area (Å²) < 4.78 is 27.1. The van der Waals surface area contributed by atoms with Crippen molar-refractivity contribution in [3.05, 3.63) is 58.6 Å². The summed E-state index contributed by atoms with van der Waals surface area (Å²) in [5, 5.41) is 5.58. The fourth-order valence-electron chi connectivity index (χ4n) is 3.34. The second-order valence-electron chi connectivity index (χ2n) is 7.34. The van der Waals surface area contributed by atoms with Gasteiger partial charge in [0.2, 0.25) is 21.8 Å². The molecule has 0 aromatic heterocycles. The number of carbonyl (C=O) groups is 2. The van der Waals surface area contributed by atoms with Crippen molar-refractivity contribution in [2.75, 3.05) is 18.4 Å². The third kappa shape index (κ3) is 5.00. The third-order valence-corrected chi connectivity index (χ3v) is 7.19. The van der Waals surface area contributed by atoms with Crippen molar-refractivity contribution in [1.82, 2.24) is 9.62 Å². The minimum Gasteiger partial charge on any atom is -0.346 e. The van der Waals surface area contributed by atoms with Crippen LogP contribution in [0.3, 0.4) is 0 Å². The summed E-state index contributed by atoms with van der Waals surface area (Å²) >= 11 is 6.10. The number of rotatable bonds is 6. The van der Waals surface area contributed by atoms with Crippen molar-refractivity contribution in [3.8, 4) is 0 Å². The quantitative estimate of drug-likeness (QED) is 0.708. The molecule has 1 fully saturated rings. The van der Waals surface area contributed by atoms with Gasteiger partial charge in [-0.15, -0.1) is 0 Å². The van der Waals surface area contributed by atoms with Gasteiger partial charge >= 0.3 is 0 Å². The lowest BCUT2D eigenvalue weighted by atomic mass is 10.2. The van der Waals surface area contributed by atoms with Crippen LogP contribution in [-0.4, -0.2) is 43.7 Å². The van der Waals surface area contributed by atoms with Crippen molar-refractivity contribution < 1.29 is 18.0 Å². The monoisotopic (exact) mass is 449 g/mol. The van der Waals surface area contributed by atoms with Crippen LogP contribution in [0.4, 0.5) is 5.69 Å². The van der Waals surface area contributed by atoms with Crippen LogP contribution in [-0.2, 0) is 19.6 Å². The van der Waals surface area contributed by atoms with Crippen molar-refractivity contribution in [2.24, 2.45) is 0 Å². The predicted octanol–water partition coefficient (Wildman–Crippen LogP) is 2.86. The van der Waals surface area contributed by atoms with Crippen LogP contribution >= 0.6 is 11.6 Å². The van der Waals surface area contributed by atoms with Crippen LogP contribution in [0.15, 0.2) is 47.4 Å². The summed E-state index contributed by atoms with van der Waals surface area (Å²) in [4.78, 5) is 25.0. The minimum absolute atomic E-state index is 0.152. The number of sulfonamides is 1. The molecule has 7 nitrogen and oxygen atoms in total. The molecule has 1 aliphatic rings. The Morgan fingerprint density at radius 1 is 1.10 bits per heavy atom. The number of halogens is 1. The molecule has 0 radical (unpaired) electrons. The van der Waals surface area contributed by atoms with E-state index < -0.39 is 27.9 Å². The molecule has 30 heavy (non-hydrogen) atoms. The third-order valence-electron chi connectivity index (χ3n) is 4.96. The number of hydrogen-bond donors (Lipinski definition) is 2. The molecule has 1 atom stereocenters. The molecule has 0 saturated carbocycles. The average Bonchev–Trinajstić information content (AvgIpc) is 3.19. The summed E-state index contributed by atoms with van der Waals surface area (Å²) in [5.74, 6) is -0.937. The molecule has 0 spiro atoms. The van der Waals surface area contributed by atoms with Gasteiger partial charge < -0.3 is 10.6 Å². The van der Waals surface area contributed by atoms with Gasteiger partial charge in [-0.25, -0.2) is 8.42 Å². The van der Waals surface area contributed by atoms with Gasteiger partial charge in [-0.2, -0.15) is 4.31 Å². The number of benzene rings is 2. The zero-order valence-electron chi connectivity index (χ0n) is 16.8. The largest absolute Gasteiger partial charge is 0.346 e. The molecule has 1 heterocycles. The molecule has 0 bridgehead atoms. The van der Waals surface area contributed by atoms with E-state index in [1.165, 1.54) is 16.4 Å². The highest BCUT2D eigenvalue weighted by Gasteiger charge is 2.39. The number of nitrogens with zero attached hydrogens (tertiary/aromatic N) is 1. The van der Waals surface area contributed by atoms with Crippen molar-refractivity contribution >= 4 is 39.1 Å². The molecular formula is C21H24ClN3O4S. The Morgan fingerprint density at radius 3 is 2.43 bits per heavy atom. The second kappa shape index (κ2) is 9.16. The van der Waals surface area contributed by atoms with E-state index in [1.54, 1.807) is 24.3 Å². The number of anilines is 1. The molecule has 1 saturated heterocycles. The highest BCUT2D eigenvalue weighted by Crippen LogP contribution is 2.26. The average molecular weight is 450 g/mol. The number of hydrogen-bond acceptors (Lipinski definition) is 4. The maximum absolute atomic E-state index is 13.0. The van der Waals surface area contributed by atoms with Gasteiger partial charge in [-0.05, 0) is 56.5 Å². The molecule has 2 amide bonds. The Kier molecular flexibility index (Phi) is 6.80. The maximum Gasteiger partial charge on any atom is 0.243 e. The molecule has 2 aromatic rings. The minimum atomic E-state index is -3.79. The number of carbonyl (C=O) groups excluding carboxylic acids is 2. The standard InChI is InChI=1S/C21H24ClN3O4S/c1-14-5-8-16(9-6-14)30(28,29)25-11-3-4-19(25)21(27)23-13-20(26)24-18-10-7-15(2)12-17(18)22/h5-10,12,19H,3-4,11,13H2,1-2H3,(H,23,27)(H,24,26)/t19-/m0/s1. The van der Waals surface area contributed by atoms with Gasteiger partial charge in [0, 0.05) is 6.54 Å². The Labute approximate surface area is 181 Å². The highest BCUT2D eigenvalue weighted by molar-refractivity contribution is 7.89. The Bertz CT molecular complexity index is 1050. The van der Waals surface area contributed by atoms with Crippen LogP contribution < -0.4 is 10.6 Å². The first-order valence-electron chi connectivity index (χ1n) is 9.61. The lowest BCUT2D eigenvalue weighted by Crippen LogP contribution is -2.47. The predicted molar refractivity (Wildman–Crippen MR) is 116 cm³/mol. The smallest absolute Gasteiger partial charge is 0.243 e. The molecule has 0 unspecified atom stereocenters. The normalized spacial score (nSPS) is 17.0. The zero-order chi connectivity index (χ0) is 21.9. The Hall–Kier alpha value is -2.42. The molecule has 1 aliphatic heterocycles. The van der Waals surface area contributed by atoms with Gasteiger partial charge in [0.1, 0.15) is 6.04 Å². The van der Waals surface area contributed by atoms with E-state index in [1.807, 2.05) is 19.9 Å². The zero-order valence-corrected chi connectivity index (χ0v) is 18.4. The molecular weight excluding hydrogens is 426 g/mol. The van der Waals surface area contributed by atoms with Gasteiger partial charge in [0.25, 0.3) is 0 Å². The molecule has 2 aromatic carbocycles. The summed E-state index contributed by atoms with van der Waals surface area (Å²) in [7, 11) is -3.79. The lowest BCUT2D eigenvalue weighted by Gasteiger charge is -2.23. The molecule has 160 valence electrons. The van der Waals surface area contributed by atoms with Crippen molar-refractivity contribution in [2.45, 2.75) is 37.6 Å². The van der Waals surface area contributed by atoms with E-state index in [9.17, 15) is 18.0 Å². The van der Waals surface area contributed by atoms with E-state index in [0.29, 0.717) is 23.6 Å². The van der Waals surface area contributed by atoms with E-state index in [2.05, 4.69) is 10.6 Å². The first-order chi connectivity index (χ1) is 14.2. The van der Waals surface area contributed by atoms with Crippen molar-refractivity contribution in [1.29, 1.82) is 0 Å². The first-order valence-corrected chi connectivity index (χ1v) is 11.4. The maximum atomic E-state index is 13.0. The number of nitrogens with one attached hydrogen (secondary N) is 2. The fourth-order valence-corrected chi connectivity index (χ4v) is 5.28. The van der Waals surface area contributed by atoms with Crippen LogP contribution in [0.1, 0.15) is 24.0 Å². The number of aryl methyl sites for hydroxylation is 2. The van der Waals surface area contributed by atoms with E-state index >= 15 is 0 Å². The van der Waals surface area contributed by atoms with E-state index in [4.69, 9.17) is 11.6 Å². The van der Waals surface area contributed by atoms with Gasteiger partial charge in [0.05, 0.1) is 22.2 Å². The van der Waals surface area contributed by atoms with Crippen LogP contribution in [0.25, 0.3) is 0 Å². The fraction of sp³-hybridized carbons (Fsp3) is 0.333. The van der Waals surface area contributed by atoms with Gasteiger partial charge in [-0.3, -0.25) is 9.59 Å². The van der Waals surface area contributed by atoms with Crippen molar-refractivity contribution in [3.63, 3.8) is 0 Å². The SMILES string of the molecule is Cc1ccc(S(=O)(=O)N2CCC[C@H]2C(=O)NCC(=O)Nc2ccc(C)cc2Cl)cc1. The molecule has 2 N–H and O–H groups in total. The summed E-state index contributed by atoms with van der Waals surface area (Å²) in [6.07, 6.45) is 0.983. The van der Waals surface area contributed by atoms with E-state index in [0.717, 1.165) is 11.1 Å². The highest BCUT2D eigenvalue weighted by atomic mass is 35.5. The topological polar surface area (TPSA) is 95.6 Å². The Morgan fingerprint density at radius 2 is 1.77 bits per heavy atom.